The molecule has 1 aliphatic rings. The maximum absolute atomic E-state index is 5.57. The molecule has 0 bridgehead atoms. The molecule has 6 heteroatoms. The predicted octanol–water partition coefficient (Wildman–Crippen LogP) is 4.81. The molecular formula is C25H34N2O3Si. The monoisotopic (exact) mass is 438 g/mol. The summed E-state index contributed by atoms with van der Waals surface area (Å²) < 4.78 is 16.7. The van der Waals surface area contributed by atoms with Gasteiger partial charge in [0.25, 0.3) is 0 Å². The summed E-state index contributed by atoms with van der Waals surface area (Å²) in [6, 6.07) is 15.0. The molecule has 1 aliphatic heterocycles. The molecule has 2 radical (unpaired) electrons. The molecule has 0 atom stereocenters. The summed E-state index contributed by atoms with van der Waals surface area (Å²) in [6.45, 7) is 13.2. The van der Waals surface area contributed by atoms with E-state index in [1.54, 1.807) is 21.3 Å². The maximum atomic E-state index is 5.57. The van der Waals surface area contributed by atoms with Gasteiger partial charge in [0.1, 0.15) is 0 Å². The predicted molar refractivity (Wildman–Crippen MR) is 128 cm³/mol. The Labute approximate surface area is 188 Å². The van der Waals surface area contributed by atoms with Crippen molar-refractivity contribution in [3.05, 3.63) is 78.2 Å². The summed E-state index contributed by atoms with van der Waals surface area (Å²) in [5, 5.41) is 0.946. The first kappa shape index (κ1) is 23.5. The molecule has 0 saturated carbocycles. The summed E-state index contributed by atoms with van der Waals surface area (Å²) in [6.07, 6.45) is 4.14. The standard InChI is InChI=1S/C25H34N2O3Si/c1-19(2)22-10-13-25(24(16-22)20(3)4)27-15-14-26(18-27)17-21-8-11-23(12-9-21)31(28-5,29-6)30-7/h8-16,19-20H,17H2,1-7H3. The van der Waals surface area contributed by atoms with Crippen LogP contribution in [0.15, 0.2) is 54.9 Å². The Kier molecular flexibility index (Phi) is 7.59. The average Bonchev–Trinajstić information content (AvgIpc) is 3.24. The zero-order chi connectivity index (χ0) is 22.6. The van der Waals surface area contributed by atoms with Gasteiger partial charge in [-0.25, -0.2) is 0 Å². The summed E-state index contributed by atoms with van der Waals surface area (Å²) in [5.74, 6) is 0.960. The lowest BCUT2D eigenvalue weighted by atomic mass is 9.94. The van der Waals surface area contributed by atoms with E-state index in [2.05, 4.69) is 86.9 Å². The van der Waals surface area contributed by atoms with Crippen molar-refractivity contribution in [3.63, 3.8) is 0 Å². The molecule has 0 spiro atoms. The molecule has 31 heavy (non-hydrogen) atoms. The van der Waals surface area contributed by atoms with Crippen molar-refractivity contribution in [2.24, 2.45) is 0 Å². The van der Waals surface area contributed by atoms with Gasteiger partial charge in [-0.05, 0) is 34.6 Å². The second kappa shape index (κ2) is 10.00. The highest BCUT2D eigenvalue weighted by molar-refractivity contribution is 6.75. The van der Waals surface area contributed by atoms with E-state index in [0.717, 1.165) is 11.7 Å². The van der Waals surface area contributed by atoms with Crippen LogP contribution in [0.25, 0.3) is 0 Å². The fourth-order valence-electron chi connectivity index (χ4n) is 3.80. The van der Waals surface area contributed by atoms with Crippen LogP contribution in [0.2, 0.25) is 0 Å². The van der Waals surface area contributed by atoms with E-state index in [-0.39, 0.29) is 0 Å². The second-order valence-electron chi connectivity index (χ2n) is 8.39. The van der Waals surface area contributed by atoms with Gasteiger partial charge in [0.2, 0.25) is 6.67 Å². The highest BCUT2D eigenvalue weighted by Crippen LogP contribution is 2.34. The van der Waals surface area contributed by atoms with Crippen molar-refractivity contribution in [1.29, 1.82) is 0 Å². The molecular weight excluding hydrogens is 404 g/mol. The lowest BCUT2D eigenvalue weighted by Gasteiger charge is -2.25. The van der Waals surface area contributed by atoms with E-state index in [1.807, 2.05) is 12.1 Å². The third-order valence-electron chi connectivity index (χ3n) is 5.70. The van der Waals surface area contributed by atoms with E-state index in [1.165, 1.54) is 22.4 Å². The van der Waals surface area contributed by atoms with Crippen LogP contribution >= 0.6 is 0 Å². The lowest BCUT2D eigenvalue weighted by Crippen LogP contribution is -2.54. The molecule has 0 unspecified atom stereocenters. The number of rotatable bonds is 9. The van der Waals surface area contributed by atoms with Crippen LogP contribution in [-0.2, 0) is 19.8 Å². The van der Waals surface area contributed by atoms with Gasteiger partial charge in [0.15, 0.2) is 0 Å². The van der Waals surface area contributed by atoms with Crippen molar-refractivity contribution in [1.82, 2.24) is 4.90 Å². The molecule has 0 saturated heterocycles. The number of benzene rings is 2. The first-order chi connectivity index (χ1) is 14.8. The number of hydrogen-bond acceptors (Lipinski definition) is 5. The summed E-state index contributed by atoms with van der Waals surface area (Å²) in [7, 11) is 2.08. The van der Waals surface area contributed by atoms with Crippen LogP contribution in [0.1, 0.15) is 56.2 Å². The van der Waals surface area contributed by atoms with Crippen LogP contribution in [0.5, 0.6) is 0 Å². The highest BCUT2D eigenvalue weighted by atomic mass is 28.4. The molecule has 2 aromatic carbocycles. The molecule has 0 aromatic heterocycles. The average molecular weight is 439 g/mol. The first-order valence-electron chi connectivity index (χ1n) is 10.7. The number of nitrogens with zero attached hydrogens (tertiary/aromatic N) is 2. The maximum Gasteiger partial charge on any atom is 0.536 e. The van der Waals surface area contributed by atoms with Crippen molar-refractivity contribution >= 4 is 19.7 Å². The highest BCUT2D eigenvalue weighted by Gasteiger charge is 2.40. The molecule has 0 N–H and O–H groups in total. The molecule has 0 fully saturated rings. The third kappa shape index (κ3) is 5.04. The van der Waals surface area contributed by atoms with Crippen LogP contribution in [-0.4, -0.2) is 35.0 Å². The SMILES string of the molecule is CO[Si](OC)(OC)c1ccc(CN2[C]N(c3ccc(C(C)C)cc3C(C)C)C=C2)cc1. The molecule has 166 valence electrons. The van der Waals surface area contributed by atoms with E-state index >= 15 is 0 Å². The summed E-state index contributed by atoms with van der Waals surface area (Å²) in [5.41, 5.74) is 5.07. The van der Waals surface area contributed by atoms with Crippen LogP contribution < -0.4 is 10.1 Å². The molecule has 3 rings (SSSR count). The minimum Gasteiger partial charge on any atom is -0.373 e. The quantitative estimate of drug-likeness (QED) is 0.525. The molecule has 2 aromatic rings. The van der Waals surface area contributed by atoms with Crippen LogP contribution in [0.3, 0.4) is 0 Å². The normalized spacial score (nSPS) is 14.4. The second-order valence-corrected chi connectivity index (χ2v) is 11.3. The Morgan fingerprint density at radius 2 is 1.48 bits per heavy atom. The minimum absolute atomic E-state index is 0.442. The van der Waals surface area contributed by atoms with Gasteiger partial charge in [0, 0.05) is 51.1 Å². The smallest absolute Gasteiger partial charge is 0.373 e. The number of anilines is 1. The Morgan fingerprint density at radius 3 is 2.03 bits per heavy atom. The topological polar surface area (TPSA) is 34.2 Å². The molecule has 0 aliphatic carbocycles. The Morgan fingerprint density at radius 1 is 0.839 bits per heavy atom. The van der Waals surface area contributed by atoms with Crippen molar-refractivity contribution < 1.29 is 13.3 Å². The Hall–Kier alpha value is -2.12. The zero-order valence-corrected chi connectivity index (χ0v) is 20.7. The lowest BCUT2D eigenvalue weighted by molar-refractivity contribution is 0.140. The zero-order valence-electron chi connectivity index (χ0n) is 19.7. The van der Waals surface area contributed by atoms with Gasteiger partial charge >= 0.3 is 8.80 Å². The van der Waals surface area contributed by atoms with Gasteiger partial charge in [0.05, 0.1) is 0 Å². The summed E-state index contributed by atoms with van der Waals surface area (Å²) >= 11 is 0. The third-order valence-corrected chi connectivity index (χ3v) is 8.35. The fourth-order valence-corrected chi connectivity index (χ4v) is 5.58. The van der Waals surface area contributed by atoms with Crippen LogP contribution in [0, 0.1) is 6.67 Å². The van der Waals surface area contributed by atoms with E-state index in [4.69, 9.17) is 13.3 Å². The van der Waals surface area contributed by atoms with Crippen molar-refractivity contribution in [2.75, 3.05) is 26.2 Å². The largest absolute Gasteiger partial charge is 0.536 e. The Bertz CT molecular complexity index is 884. The van der Waals surface area contributed by atoms with Gasteiger partial charge in [-0.1, -0.05) is 64.1 Å². The van der Waals surface area contributed by atoms with Crippen LogP contribution in [0.4, 0.5) is 5.69 Å². The molecule has 5 nitrogen and oxygen atoms in total. The minimum atomic E-state index is -2.80. The van der Waals surface area contributed by atoms with Gasteiger partial charge in [-0.2, -0.15) is 0 Å². The molecule has 0 amide bonds. The van der Waals surface area contributed by atoms with E-state index in [9.17, 15) is 0 Å². The van der Waals surface area contributed by atoms with E-state index < -0.39 is 8.80 Å². The first-order valence-corrected chi connectivity index (χ1v) is 12.4. The fraction of sp³-hybridized carbons (Fsp3) is 0.400. The number of hydrogen-bond donors (Lipinski definition) is 0. The summed E-state index contributed by atoms with van der Waals surface area (Å²) in [4.78, 5) is 4.16. The van der Waals surface area contributed by atoms with Gasteiger partial charge in [-0.15, -0.1) is 0 Å². The van der Waals surface area contributed by atoms with Gasteiger partial charge < -0.3 is 23.1 Å². The van der Waals surface area contributed by atoms with Crippen molar-refractivity contribution in [2.45, 2.75) is 46.1 Å². The van der Waals surface area contributed by atoms with Gasteiger partial charge in [-0.3, -0.25) is 0 Å². The van der Waals surface area contributed by atoms with Crippen molar-refractivity contribution in [3.8, 4) is 0 Å². The van der Waals surface area contributed by atoms with E-state index in [0.29, 0.717) is 11.8 Å². The Balaban J connectivity index is 1.71. The molecule has 1 heterocycles.